The predicted octanol–water partition coefficient (Wildman–Crippen LogP) is 1.62. The second kappa shape index (κ2) is 9.29. The SMILES string of the molecule is C[C@@H](NCC(=O)N1CCN(S(=O)(=O)c2ccc3c(c2)OCCCO3)CC1)c1ccco1. The van der Waals surface area contributed by atoms with Crippen molar-refractivity contribution in [3.63, 3.8) is 0 Å². The van der Waals surface area contributed by atoms with Crippen LogP contribution in [0.2, 0.25) is 0 Å². The Bertz CT molecular complexity index is 1000. The molecule has 0 bridgehead atoms. The molecule has 0 saturated carbocycles. The number of carbonyl (C=O) groups excluding carboxylic acids is 1. The van der Waals surface area contributed by atoms with Crippen LogP contribution in [0.5, 0.6) is 11.5 Å². The number of piperazine rings is 1. The quantitative estimate of drug-likeness (QED) is 0.715. The van der Waals surface area contributed by atoms with Gasteiger partial charge >= 0.3 is 0 Å². The van der Waals surface area contributed by atoms with Crippen LogP contribution in [-0.4, -0.2) is 69.5 Å². The zero-order chi connectivity index (χ0) is 21.8. The Labute approximate surface area is 182 Å². The third-order valence-electron chi connectivity index (χ3n) is 5.48. The molecule has 9 nitrogen and oxygen atoms in total. The molecule has 2 aliphatic heterocycles. The summed E-state index contributed by atoms with van der Waals surface area (Å²) in [6.07, 6.45) is 2.35. The highest BCUT2D eigenvalue weighted by Gasteiger charge is 2.31. The summed E-state index contributed by atoms with van der Waals surface area (Å²) >= 11 is 0. The molecule has 0 radical (unpaired) electrons. The van der Waals surface area contributed by atoms with Crippen molar-refractivity contribution < 1.29 is 27.1 Å². The summed E-state index contributed by atoms with van der Waals surface area (Å²) in [4.78, 5) is 14.4. The monoisotopic (exact) mass is 449 g/mol. The molecule has 1 amide bonds. The van der Waals surface area contributed by atoms with Gasteiger partial charge in [0.15, 0.2) is 11.5 Å². The van der Waals surface area contributed by atoms with Crippen molar-refractivity contribution in [2.24, 2.45) is 0 Å². The molecular weight excluding hydrogens is 422 g/mol. The lowest BCUT2D eigenvalue weighted by atomic mass is 10.2. The van der Waals surface area contributed by atoms with Crippen LogP contribution < -0.4 is 14.8 Å². The number of sulfonamides is 1. The summed E-state index contributed by atoms with van der Waals surface area (Å²) in [6.45, 7) is 4.31. The number of nitrogens with one attached hydrogen (secondary N) is 1. The Morgan fingerprint density at radius 1 is 1.10 bits per heavy atom. The number of fused-ring (bicyclic) bond motifs is 1. The van der Waals surface area contributed by atoms with Crippen molar-refractivity contribution in [3.8, 4) is 11.5 Å². The van der Waals surface area contributed by atoms with Gasteiger partial charge in [-0.3, -0.25) is 10.1 Å². The van der Waals surface area contributed by atoms with E-state index in [1.54, 1.807) is 29.4 Å². The molecule has 31 heavy (non-hydrogen) atoms. The third-order valence-corrected chi connectivity index (χ3v) is 7.37. The van der Waals surface area contributed by atoms with Crippen LogP contribution in [0.15, 0.2) is 45.9 Å². The maximum absolute atomic E-state index is 13.1. The summed E-state index contributed by atoms with van der Waals surface area (Å²) in [6, 6.07) is 8.27. The van der Waals surface area contributed by atoms with Gasteiger partial charge in [0.05, 0.1) is 37.0 Å². The molecule has 10 heteroatoms. The van der Waals surface area contributed by atoms with E-state index in [1.165, 1.54) is 10.4 Å². The van der Waals surface area contributed by atoms with Gasteiger partial charge in [0, 0.05) is 38.7 Å². The van der Waals surface area contributed by atoms with Gasteiger partial charge in [-0.2, -0.15) is 4.31 Å². The lowest BCUT2D eigenvalue weighted by molar-refractivity contribution is -0.131. The maximum atomic E-state index is 13.1. The van der Waals surface area contributed by atoms with E-state index < -0.39 is 10.0 Å². The number of furan rings is 1. The molecule has 0 spiro atoms. The molecule has 1 aromatic carbocycles. The number of hydrogen-bond donors (Lipinski definition) is 1. The first-order valence-electron chi connectivity index (χ1n) is 10.4. The summed E-state index contributed by atoms with van der Waals surface area (Å²) in [5, 5.41) is 3.14. The first-order chi connectivity index (χ1) is 14.9. The van der Waals surface area contributed by atoms with Crippen molar-refractivity contribution in [3.05, 3.63) is 42.4 Å². The van der Waals surface area contributed by atoms with E-state index in [0.717, 1.165) is 12.2 Å². The lowest BCUT2D eigenvalue weighted by Crippen LogP contribution is -2.52. The fraction of sp³-hybridized carbons (Fsp3) is 0.476. The molecule has 1 aromatic heterocycles. The Morgan fingerprint density at radius 2 is 1.84 bits per heavy atom. The highest BCUT2D eigenvalue weighted by atomic mass is 32.2. The fourth-order valence-electron chi connectivity index (χ4n) is 3.62. The van der Waals surface area contributed by atoms with E-state index in [-0.39, 0.29) is 36.5 Å². The van der Waals surface area contributed by atoms with Crippen molar-refractivity contribution in [2.75, 3.05) is 45.9 Å². The first kappa shape index (κ1) is 21.7. The molecular formula is C21H27N3O6S. The Hall–Kier alpha value is -2.56. The summed E-state index contributed by atoms with van der Waals surface area (Å²) in [5.74, 6) is 1.71. The zero-order valence-corrected chi connectivity index (χ0v) is 18.3. The van der Waals surface area contributed by atoms with Crippen LogP contribution in [-0.2, 0) is 14.8 Å². The van der Waals surface area contributed by atoms with E-state index >= 15 is 0 Å². The van der Waals surface area contributed by atoms with E-state index in [1.807, 2.05) is 13.0 Å². The predicted molar refractivity (Wildman–Crippen MR) is 113 cm³/mol. The second-order valence-corrected chi connectivity index (χ2v) is 9.50. The molecule has 168 valence electrons. The van der Waals surface area contributed by atoms with Gasteiger partial charge in [0.2, 0.25) is 15.9 Å². The minimum absolute atomic E-state index is 0.0639. The smallest absolute Gasteiger partial charge is 0.243 e. The molecule has 4 rings (SSSR count). The van der Waals surface area contributed by atoms with Crippen molar-refractivity contribution >= 4 is 15.9 Å². The van der Waals surface area contributed by atoms with E-state index in [0.29, 0.717) is 37.8 Å². The van der Waals surface area contributed by atoms with Crippen molar-refractivity contribution in [1.82, 2.24) is 14.5 Å². The molecule has 1 saturated heterocycles. The number of nitrogens with zero attached hydrogens (tertiary/aromatic N) is 2. The summed E-state index contributed by atoms with van der Waals surface area (Å²) in [5.41, 5.74) is 0. The highest BCUT2D eigenvalue weighted by molar-refractivity contribution is 7.89. The Balaban J connectivity index is 1.33. The third kappa shape index (κ3) is 4.86. The van der Waals surface area contributed by atoms with Crippen LogP contribution in [0.25, 0.3) is 0 Å². The molecule has 2 aliphatic rings. The average molecular weight is 450 g/mol. The average Bonchev–Trinajstić information content (AvgIpc) is 3.22. The lowest BCUT2D eigenvalue weighted by Gasteiger charge is -2.34. The van der Waals surface area contributed by atoms with Gasteiger partial charge in [-0.25, -0.2) is 8.42 Å². The summed E-state index contributed by atoms with van der Waals surface area (Å²) < 4.78 is 44.1. The highest BCUT2D eigenvalue weighted by Crippen LogP contribution is 2.33. The van der Waals surface area contributed by atoms with Crippen molar-refractivity contribution in [2.45, 2.75) is 24.3 Å². The number of ether oxygens (including phenoxy) is 2. The van der Waals surface area contributed by atoms with Crippen LogP contribution in [0.1, 0.15) is 25.1 Å². The number of hydrogen-bond acceptors (Lipinski definition) is 7. The number of benzene rings is 1. The number of amides is 1. The molecule has 0 unspecified atom stereocenters. The molecule has 1 atom stereocenters. The van der Waals surface area contributed by atoms with Crippen LogP contribution in [0.3, 0.4) is 0 Å². The minimum Gasteiger partial charge on any atom is -0.490 e. The van der Waals surface area contributed by atoms with Gasteiger partial charge < -0.3 is 18.8 Å². The van der Waals surface area contributed by atoms with Crippen LogP contribution in [0.4, 0.5) is 0 Å². The molecule has 1 N–H and O–H groups in total. The van der Waals surface area contributed by atoms with Gasteiger partial charge in [-0.15, -0.1) is 0 Å². The fourth-order valence-corrected chi connectivity index (χ4v) is 5.06. The molecule has 0 aliphatic carbocycles. The number of rotatable bonds is 6. The van der Waals surface area contributed by atoms with E-state index in [9.17, 15) is 13.2 Å². The normalized spacial score (nSPS) is 18.4. The first-order valence-corrected chi connectivity index (χ1v) is 11.8. The Morgan fingerprint density at radius 3 is 2.55 bits per heavy atom. The topological polar surface area (TPSA) is 101 Å². The van der Waals surface area contributed by atoms with Gasteiger partial charge in [0.1, 0.15) is 5.76 Å². The van der Waals surface area contributed by atoms with E-state index in [4.69, 9.17) is 13.9 Å². The van der Waals surface area contributed by atoms with Gasteiger partial charge in [-0.05, 0) is 31.2 Å². The van der Waals surface area contributed by atoms with Gasteiger partial charge in [0.25, 0.3) is 0 Å². The van der Waals surface area contributed by atoms with Gasteiger partial charge in [-0.1, -0.05) is 0 Å². The largest absolute Gasteiger partial charge is 0.490 e. The van der Waals surface area contributed by atoms with Crippen LogP contribution in [0, 0.1) is 0 Å². The second-order valence-electron chi connectivity index (χ2n) is 7.56. The molecule has 1 fully saturated rings. The van der Waals surface area contributed by atoms with Crippen molar-refractivity contribution in [1.29, 1.82) is 0 Å². The van der Waals surface area contributed by atoms with Crippen LogP contribution >= 0.6 is 0 Å². The summed E-state index contributed by atoms with van der Waals surface area (Å²) in [7, 11) is -3.68. The maximum Gasteiger partial charge on any atom is 0.243 e. The van der Waals surface area contributed by atoms with E-state index in [2.05, 4.69) is 5.32 Å². The molecule has 2 aromatic rings. The standard InChI is InChI=1S/C21H27N3O6S/c1-16(18-4-2-11-28-18)22-15-21(25)23-7-9-24(10-8-23)31(26,27)17-5-6-19-20(14-17)30-13-3-12-29-19/h2,4-6,11,14,16,22H,3,7-10,12-13,15H2,1H3/t16-/m1/s1. The minimum atomic E-state index is -3.68. The zero-order valence-electron chi connectivity index (χ0n) is 17.5. The molecule has 3 heterocycles. The Kier molecular flexibility index (Phi) is 6.49. The number of carbonyl (C=O) groups is 1.